The molecule has 1 amide bonds. The average molecular weight is 310 g/mol. The number of aromatic nitrogens is 2. The van der Waals surface area contributed by atoms with Gasteiger partial charge < -0.3 is 10.2 Å². The van der Waals surface area contributed by atoms with E-state index < -0.39 is 0 Å². The molecule has 2 aromatic rings. The lowest BCUT2D eigenvalue weighted by Crippen LogP contribution is -2.36. The third-order valence-electron chi connectivity index (χ3n) is 3.80. The van der Waals surface area contributed by atoms with E-state index in [1.807, 2.05) is 37.8 Å². The van der Waals surface area contributed by atoms with Crippen molar-refractivity contribution in [2.45, 2.75) is 39.3 Å². The van der Waals surface area contributed by atoms with Gasteiger partial charge in [0.1, 0.15) is 0 Å². The maximum absolute atomic E-state index is 12.6. The Morgan fingerprint density at radius 3 is 2.43 bits per heavy atom. The van der Waals surface area contributed by atoms with Crippen molar-refractivity contribution in [1.29, 1.82) is 0 Å². The third kappa shape index (κ3) is 3.67. The fourth-order valence-electron chi connectivity index (χ4n) is 2.69. The Bertz CT molecular complexity index is 704. The first-order chi connectivity index (χ1) is 10.9. The van der Waals surface area contributed by atoms with Crippen molar-refractivity contribution in [2.75, 3.05) is 11.9 Å². The van der Waals surface area contributed by atoms with Crippen LogP contribution in [-0.2, 0) is 13.0 Å². The number of anilines is 1. The molecule has 0 aliphatic carbocycles. The molecule has 23 heavy (non-hydrogen) atoms. The van der Waals surface area contributed by atoms with E-state index in [2.05, 4.69) is 27.4 Å². The number of rotatable bonds is 2. The molecule has 1 aromatic carbocycles. The molecule has 0 bridgehead atoms. The molecule has 0 radical (unpaired) electrons. The molecule has 2 heterocycles. The van der Waals surface area contributed by atoms with Crippen LogP contribution >= 0.6 is 0 Å². The Morgan fingerprint density at radius 1 is 1.13 bits per heavy atom. The van der Waals surface area contributed by atoms with Crippen LogP contribution in [0.5, 0.6) is 0 Å². The Morgan fingerprint density at radius 2 is 1.78 bits per heavy atom. The summed E-state index contributed by atoms with van der Waals surface area (Å²) in [4.78, 5) is 23.0. The van der Waals surface area contributed by atoms with Gasteiger partial charge >= 0.3 is 0 Å². The quantitative estimate of drug-likeness (QED) is 0.926. The monoisotopic (exact) mass is 310 g/mol. The van der Waals surface area contributed by atoms with Gasteiger partial charge in [-0.05, 0) is 38.3 Å². The first-order valence-electron chi connectivity index (χ1n) is 7.89. The van der Waals surface area contributed by atoms with Crippen LogP contribution in [0.1, 0.15) is 42.3 Å². The van der Waals surface area contributed by atoms with E-state index in [0.717, 1.165) is 13.0 Å². The van der Waals surface area contributed by atoms with Crippen LogP contribution in [0.3, 0.4) is 0 Å². The van der Waals surface area contributed by atoms with Crippen LogP contribution < -0.4 is 5.32 Å². The number of hydrogen-bond acceptors (Lipinski definition) is 4. The van der Waals surface area contributed by atoms with Crippen molar-refractivity contribution in [3.8, 4) is 0 Å². The van der Waals surface area contributed by atoms with E-state index in [9.17, 15) is 4.79 Å². The molecule has 0 atom stereocenters. The summed E-state index contributed by atoms with van der Waals surface area (Å²) in [6, 6.07) is 8.28. The molecule has 1 aliphatic rings. The Labute approximate surface area is 136 Å². The number of carbonyl (C=O) groups excluding carboxylic acids is 1. The van der Waals surface area contributed by atoms with Crippen molar-refractivity contribution in [2.24, 2.45) is 0 Å². The molecule has 0 saturated carbocycles. The molecule has 1 aliphatic heterocycles. The second-order valence-corrected chi connectivity index (χ2v) is 6.92. The summed E-state index contributed by atoms with van der Waals surface area (Å²) in [5, 5.41) is 3.19. The number of nitrogens with one attached hydrogen (secondary N) is 1. The zero-order valence-corrected chi connectivity index (χ0v) is 13.8. The number of fused-ring (bicyclic) bond motifs is 1. The molecule has 120 valence electrons. The number of hydrogen-bond donors (Lipinski definition) is 1. The minimum absolute atomic E-state index is 0.0122. The second-order valence-electron chi connectivity index (χ2n) is 6.92. The summed E-state index contributed by atoms with van der Waals surface area (Å²) in [5.74, 6) is 0.528. The van der Waals surface area contributed by atoms with Crippen molar-refractivity contribution < 1.29 is 4.79 Å². The molecule has 1 aromatic heterocycles. The highest BCUT2D eigenvalue weighted by Gasteiger charge is 2.22. The van der Waals surface area contributed by atoms with Crippen molar-refractivity contribution in [3.05, 3.63) is 53.3 Å². The van der Waals surface area contributed by atoms with E-state index in [1.54, 1.807) is 12.4 Å². The highest BCUT2D eigenvalue weighted by atomic mass is 16.2. The predicted molar refractivity (Wildman–Crippen MR) is 90.3 cm³/mol. The van der Waals surface area contributed by atoms with Gasteiger partial charge in [-0.2, -0.15) is 0 Å². The van der Waals surface area contributed by atoms with E-state index in [0.29, 0.717) is 18.1 Å². The molecule has 0 fully saturated rings. The smallest absolute Gasteiger partial charge is 0.257 e. The van der Waals surface area contributed by atoms with Gasteiger partial charge in [0.2, 0.25) is 5.95 Å². The molecular weight excluding hydrogens is 288 g/mol. The number of carbonyl (C=O) groups is 1. The molecular formula is C18H22N4O. The summed E-state index contributed by atoms with van der Waals surface area (Å²) < 4.78 is 0. The average Bonchev–Trinajstić information content (AvgIpc) is 2.53. The van der Waals surface area contributed by atoms with Gasteiger partial charge in [0.15, 0.2) is 0 Å². The predicted octanol–water partition coefficient (Wildman–Crippen LogP) is 2.89. The van der Waals surface area contributed by atoms with Crippen LogP contribution in [0.4, 0.5) is 5.95 Å². The van der Waals surface area contributed by atoms with Gasteiger partial charge in [-0.1, -0.05) is 24.3 Å². The third-order valence-corrected chi connectivity index (χ3v) is 3.80. The summed E-state index contributed by atoms with van der Waals surface area (Å²) in [5.41, 5.74) is 2.97. The Hall–Kier alpha value is -2.43. The number of benzene rings is 1. The fraction of sp³-hybridized carbons (Fsp3) is 0.389. The minimum Gasteiger partial charge on any atom is -0.350 e. The zero-order chi connectivity index (χ0) is 16.4. The maximum atomic E-state index is 12.6. The number of nitrogens with zero attached hydrogens (tertiary/aromatic N) is 3. The molecule has 0 saturated heterocycles. The van der Waals surface area contributed by atoms with Gasteiger partial charge in [0.25, 0.3) is 5.91 Å². The summed E-state index contributed by atoms with van der Waals surface area (Å²) >= 11 is 0. The lowest BCUT2D eigenvalue weighted by molar-refractivity contribution is 0.0734. The van der Waals surface area contributed by atoms with Gasteiger partial charge in [-0.15, -0.1) is 0 Å². The molecule has 0 unspecified atom stereocenters. The highest BCUT2D eigenvalue weighted by Crippen LogP contribution is 2.20. The number of amides is 1. The summed E-state index contributed by atoms with van der Waals surface area (Å²) in [6.45, 7) is 7.51. The maximum Gasteiger partial charge on any atom is 0.257 e. The minimum atomic E-state index is -0.109. The Balaban J connectivity index is 1.72. The van der Waals surface area contributed by atoms with E-state index in [4.69, 9.17) is 0 Å². The van der Waals surface area contributed by atoms with E-state index in [-0.39, 0.29) is 11.4 Å². The summed E-state index contributed by atoms with van der Waals surface area (Å²) in [7, 11) is 0. The van der Waals surface area contributed by atoms with Gasteiger partial charge in [0.05, 0.1) is 5.56 Å². The van der Waals surface area contributed by atoms with Crippen molar-refractivity contribution in [3.63, 3.8) is 0 Å². The molecule has 5 nitrogen and oxygen atoms in total. The standard InChI is InChI=1S/C18H22N4O/c1-18(2,3)21-17-19-10-15(11-20-17)16(23)22-9-8-13-6-4-5-7-14(13)12-22/h4-7,10-11H,8-9,12H2,1-3H3,(H,19,20,21). The van der Waals surface area contributed by atoms with Crippen LogP contribution in [0.15, 0.2) is 36.7 Å². The normalized spacial score (nSPS) is 14.3. The van der Waals surface area contributed by atoms with E-state index in [1.165, 1.54) is 11.1 Å². The van der Waals surface area contributed by atoms with Crippen LogP contribution in [-0.4, -0.2) is 32.9 Å². The molecule has 3 rings (SSSR count). The zero-order valence-electron chi connectivity index (χ0n) is 13.8. The first kappa shape index (κ1) is 15.5. The van der Waals surface area contributed by atoms with Gasteiger partial charge in [0, 0.05) is 31.0 Å². The SMILES string of the molecule is CC(C)(C)Nc1ncc(C(=O)N2CCc3ccccc3C2)cn1. The van der Waals surface area contributed by atoms with Crippen molar-refractivity contribution in [1.82, 2.24) is 14.9 Å². The Kier molecular flexibility index (Phi) is 4.03. The molecule has 5 heteroatoms. The fourth-order valence-corrected chi connectivity index (χ4v) is 2.69. The van der Waals surface area contributed by atoms with Crippen LogP contribution in [0, 0.1) is 0 Å². The van der Waals surface area contributed by atoms with Crippen LogP contribution in [0.2, 0.25) is 0 Å². The second kappa shape index (κ2) is 5.99. The largest absolute Gasteiger partial charge is 0.350 e. The lowest BCUT2D eigenvalue weighted by Gasteiger charge is -2.28. The summed E-state index contributed by atoms with van der Waals surface area (Å²) in [6.07, 6.45) is 4.10. The van der Waals surface area contributed by atoms with Crippen LogP contribution in [0.25, 0.3) is 0 Å². The molecule has 1 N–H and O–H groups in total. The van der Waals surface area contributed by atoms with E-state index >= 15 is 0 Å². The highest BCUT2D eigenvalue weighted by molar-refractivity contribution is 5.93. The van der Waals surface area contributed by atoms with Gasteiger partial charge in [-0.3, -0.25) is 4.79 Å². The first-order valence-corrected chi connectivity index (χ1v) is 7.89. The lowest BCUT2D eigenvalue weighted by atomic mass is 9.99. The van der Waals surface area contributed by atoms with Crippen molar-refractivity contribution >= 4 is 11.9 Å². The van der Waals surface area contributed by atoms with Gasteiger partial charge in [-0.25, -0.2) is 9.97 Å². The molecule has 0 spiro atoms. The topological polar surface area (TPSA) is 58.1 Å².